The predicted octanol–water partition coefficient (Wildman–Crippen LogP) is 3.02. The van der Waals surface area contributed by atoms with E-state index in [1.807, 2.05) is 6.92 Å². The number of aromatic nitrogens is 2. The van der Waals surface area contributed by atoms with Crippen molar-refractivity contribution in [2.75, 3.05) is 6.54 Å². The highest BCUT2D eigenvalue weighted by Crippen LogP contribution is 2.43. The Labute approximate surface area is 109 Å². The van der Waals surface area contributed by atoms with Gasteiger partial charge in [0, 0.05) is 5.92 Å². The number of hydrogen-bond acceptors (Lipinski definition) is 4. The van der Waals surface area contributed by atoms with Crippen LogP contribution in [0.2, 0.25) is 0 Å². The highest BCUT2D eigenvalue weighted by atomic mass is 19.4. The van der Waals surface area contributed by atoms with Crippen LogP contribution in [0.4, 0.5) is 13.2 Å². The Morgan fingerprint density at radius 3 is 2.79 bits per heavy atom. The van der Waals surface area contributed by atoms with Crippen molar-refractivity contribution in [3.63, 3.8) is 0 Å². The first kappa shape index (κ1) is 14.3. The van der Waals surface area contributed by atoms with E-state index >= 15 is 0 Å². The Bertz CT molecular complexity index is 405. The SMILES string of the molecule is CCNCc1nnc(C2CCCC(C(F)(F)F)C2)o1. The first-order valence-corrected chi connectivity index (χ1v) is 6.60. The second-order valence-electron chi connectivity index (χ2n) is 4.92. The summed E-state index contributed by atoms with van der Waals surface area (Å²) in [7, 11) is 0. The van der Waals surface area contributed by atoms with Crippen molar-refractivity contribution in [2.24, 2.45) is 5.92 Å². The van der Waals surface area contributed by atoms with E-state index in [-0.39, 0.29) is 18.8 Å². The maximum atomic E-state index is 12.7. The van der Waals surface area contributed by atoms with Crippen LogP contribution in [0.5, 0.6) is 0 Å². The quantitative estimate of drug-likeness (QED) is 0.919. The van der Waals surface area contributed by atoms with Crippen molar-refractivity contribution < 1.29 is 17.6 Å². The Morgan fingerprint density at radius 1 is 1.32 bits per heavy atom. The lowest BCUT2D eigenvalue weighted by molar-refractivity contribution is -0.183. The molecule has 1 aliphatic carbocycles. The molecule has 0 amide bonds. The lowest BCUT2D eigenvalue weighted by atomic mass is 9.81. The number of alkyl halides is 3. The molecule has 19 heavy (non-hydrogen) atoms. The average Bonchev–Trinajstić information content (AvgIpc) is 2.84. The van der Waals surface area contributed by atoms with Crippen molar-refractivity contribution in [1.29, 1.82) is 0 Å². The second kappa shape index (κ2) is 5.90. The minimum atomic E-state index is -4.12. The van der Waals surface area contributed by atoms with E-state index in [9.17, 15) is 13.2 Å². The van der Waals surface area contributed by atoms with Crippen molar-refractivity contribution in [1.82, 2.24) is 15.5 Å². The van der Waals surface area contributed by atoms with Gasteiger partial charge in [-0.3, -0.25) is 0 Å². The second-order valence-corrected chi connectivity index (χ2v) is 4.92. The fourth-order valence-electron chi connectivity index (χ4n) is 2.45. The normalized spacial score (nSPS) is 24.6. The third-order valence-electron chi connectivity index (χ3n) is 3.50. The molecule has 0 bridgehead atoms. The van der Waals surface area contributed by atoms with Crippen LogP contribution >= 0.6 is 0 Å². The highest BCUT2D eigenvalue weighted by Gasteiger charge is 2.43. The fraction of sp³-hybridized carbons (Fsp3) is 0.833. The largest absolute Gasteiger partial charge is 0.424 e. The molecule has 1 aliphatic rings. The number of halogens is 3. The van der Waals surface area contributed by atoms with E-state index in [1.165, 1.54) is 0 Å². The van der Waals surface area contributed by atoms with Crippen LogP contribution in [0, 0.1) is 5.92 Å². The molecule has 2 atom stereocenters. The lowest BCUT2D eigenvalue weighted by Gasteiger charge is -2.28. The molecule has 1 saturated carbocycles. The van der Waals surface area contributed by atoms with Crippen LogP contribution in [0.25, 0.3) is 0 Å². The van der Waals surface area contributed by atoms with Crippen LogP contribution in [0.15, 0.2) is 4.42 Å². The molecule has 0 radical (unpaired) electrons. The van der Waals surface area contributed by atoms with E-state index < -0.39 is 12.1 Å². The molecule has 4 nitrogen and oxygen atoms in total. The lowest BCUT2D eigenvalue weighted by Crippen LogP contribution is -2.28. The summed E-state index contributed by atoms with van der Waals surface area (Å²) in [6.45, 7) is 3.18. The first-order valence-electron chi connectivity index (χ1n) is 6.60. The summed E-state index contributed by atoms with van der Waals surface area (Å²) in [6.07, 6.45) is -2.61. The maximum Gasteiger partial charge on any atom is 0.391 e. The number of nitrogens with one attached hydrogen (secondary N) is 1. The number of hydrogen-bond donors (Lipinski definition) is 1. The molecule has 0 saturated heterocycles. The van der Waals surface area contributed by atoms with Gasteiger partial charge in [-0.1, -0.05) is 13.3 Å². The van der Waals surface area contributed by atoms with Crippen LogP contribution in [0.1, 0.15) is 50.3 Å². The molecule has 2 rings (SSSR count). The van der Waals surface area contributed by atoms with Gasteiger partial charge in [-0.25, -0.2) is 0 Å². The molecule has 1 N–H and O–H groups in total. The first-order chi connectivity index (χ1) is 9.00. The van der Waals surface area contributed by atoms with Gasteiger partial charge in [0.1, 0.15) is 0 Å². The van der Waals surface area contributed by atoms with Crippen molar-refractivity contribution >= 4 is 0 Å². The Balaban J connectivity index is 1.99. The van der Waals surface area contributed by atoms with Gasteiger partial charge in [-0.15, -0.1) is 10.2 Å². The summed E-state index contributed by atoms with van der Waals surface area (Å²) in [4.78, 5) is 0. The Hall–Kier alpha value is -1.11. The van der Waals surface area contributed by atoms with Gasteiger partial charge in [-0.2, -0.15) is 13.2 Å². The van der Waals surface area contributed by atoms with Crippen LogP contribution < -0.4 is 5.32 Å². The number of nitrogens with zero attached hydrogens (tertiary/aromatic N) is 2. The van der Waals surface area contributed by atoms with Gasteiger partial charge in [0.15, 0.2) is 0 Å². The molecule has 1 heterocycles. The Morgan fingerprint density at radius 2 is 2.11 bits per heavy atom. The Kier molecular flexibility index (Phi) is 4.44. The van der Waals surface area contributed by atoms with Crippen molar-refractivity contribution in [3.05, 3.63) is 11.8 Å². The minimum absolute atomic E-state index is 0.0618. The van der Waals surface area contributed by atoms with Crippen LogP contribution in [0.3, 0.4) is 0 Å². The topological polar surface area (TPSA) is 51.0 Å². The van der Waals surface area contributed by atoms with E-state index in [0.717, 1.165) is 6.54 Å². The highest BCUT2D eigenvalue weighted by molar-refractivity contribution is 4.96. The zero-order valence-corrected chi connectivity index (χ0v) is 10.8. The molecule has 0 spiro atoms. The smallest absolute Gasteiger partial charge is 0.391 e. The summed E-state index contributed by atoms with van der Waals surface area (Å²) < 4.78 is 43.6. The van der Waals surface area contributed by atoms with E-state index in [1.54, 1.807) is 0 Å². The zero-order chi connectivity index (χ0) is 13.9. The summed E-state index contributed by atoms with van der Waals surface area (Å²) in [5.41, 5.74) is 0. The van der Waals surface area contributed by atoms with Gasteiger partial charge < -0.3 is 9.73 Å². The summed E-state index contributed by atoms with van der Waals surface area (Å²) >= 11 is 0. The molecule has 0 aromatic carbocycles. The van der Waals surface area contributed by atoms with Crippen molar-refractivity contribution in [3.8, 4) is 0 Å². The third-order valence-corrected chi connectivity index (χ3v) is 3.50. The molecular formula is C12H18F3N3O. The molecular weight excluding hydrogens is 259 g/mol. The average molecular weight is 277 g/mol. The van der Waals surface area contributed by atoms with Gasteiger partial charge in [0.05, 0.1) is 12.5 Å². The fourth-order valence-corrected chi connectivity index (χ4v) is 2.45. The van der Waals surface area contributed by atoms with E-state index in [2.05, 4.69) is 15.5 Å². The van der Waals surface area contributed by atoms with Gasteiger partial charge in [-0.05, 0) is 25.8 Å². The molecule has 0 aliphatic heterocycles. The predicted molar refractivity (Wildman–Crippen MR) is 62.4 cm³/mol. The zero-order valence-electron chi connectivity index (χ0n) is 10.8. The standard InChI is InChI=1S/C12H18F3N3O/c1-2-16-7-10-17-18-11(19-10)8-4-3-5-9(6-8)12(13,14)15/h8-9,16H,2-7H2,1H3. The molecule has 7 heteroatoms. The summed E-state index contributed by atoms with van der Waals surface area (Å²) in [5, 5.41) is 10.8. The van der Waals surface area contributed by atoms with Crippen LogP contribution in [-0.4, -0.2) is 22.9 Å². The summed E-state index contributed by atoms with van der Waals surface area (Å²) in [6, 6.07) is 0. The van der Waals surface area contributed by atoms with E-state index in [0.29, 0.717) is 31.2 Å². The minimum Gasteiger partial charge on any atom is -0.424 e. The third kappa shape index (κ3) is 3.68. The van der Waals surface area contributed by atoms with Gasteiger partial charge in [0.25, 0.3) is 0 Å². The summed E-state index contributed by atoms with van der Waals surface area (Å²) in [5.74, 6) is -0.716. The molecule has 1 aromatic rings. The van der Waals surface area contributed by atoms with Gasteiger partial charge >= 0.3 is 6.18 Å². The molecule has 1 aromatic heterocycles. The molecule has 2 unspecified atom stereocenters. The van der Waals surface area contributed by atoms with E-state index in [4.69, 9.17) is 4.42 Å². The van der Waals surface area contributed by atoms with Gasteiger partial charge in [0.2, 0.25) is 11.8 Å². The molecule has 1 fully saturated rings. The van der Waals surface area contributed by atoms with Crippen molar-refractivity contribution in [2.45, 2.75) is 51.2 Å². The monoisotopic (exact) mass is 277 g/mol. The number of rotatable bonds is 4. The molecule has 108 valence electrons. The van der Waals surface area contributed by atoms with Crippen LogP contribution in [-0.2, 0) is 6.54 Å². The maximum absolute atomic E-state index is 12.7.